The Morgan fingerprint density at radius 2 is 2.12 bits per heavy atom. The number of fused-ring (bicyclic) bond motifs is 1. The van der Waals surface area contributed by atoms with Gasteiger partial charge in [0.25, 0.3) is 0 Å². The van der Waals surface area contributed by atoms with Crippen LogP contribution in [-0.4, -0.2) is 36.0 Å². The molecule has 0 saturated heterocycles. The quantitative estimate of drug-likeness (QED) is 0.657. The van der Waals surface area contributed by atoms with E-state index >= 15 is 0 Å². The van der Waals surface area contributed by atoms with Crippen molar-refractivity contribution >= 4 is 28.7 Å². The van der Waals surface area contributed by atoms with Gasteiger partial charge in [0, 0.05) is 12.6 Å². The number of rotatable bonds is 7. The van der Waals surface area contributed by atoms with Crippen molar-refractivity contribution in [3.63, 3.8) is 0 Å². The van der Waals surface area contributed by atoms with Crippen molar-refractivity contribution in [3.8, 4) is 0 Å². The lowest BCUT2D eigenvalue weighted by Gasteiger charge is -2.10. The Morgan fingerprint density at radius 3 is 2.88 bits per heavy atom. The fourth-order valence-electron chi connectivity index (χ4n) is 2.66. The number of hydrogen-bond donors (Lipinski definition) is 1. The highest BCUT2D eigenvalue weighted by molar-refractivity contribution is 7.99. The Hall–Kier alpha value is -2.35. The summed E-state index contributed by atoms with van der Waals surface area (Å²) >= 11 is 1.39. The molecule has 25 heavy (non-hydrogen) atoms. The van der Waals surface area contributed by atoms with Gasteiger partial charge in [0.1, 0.15) is 12.2 Å². The normalized spacial score (nSPS) is 11.4. The Labute approximate surface area is 150 Å². The van der Waals surface area contributed by atoms with Crippen molar-refractivity contribution in [2.45, 2.75) is 45.1 Å². The molecule has 0 fully saturated rings. The molecule has 1 amide bonds. The summed E-state index contributed by atoms with van der Waals surface area (Å²) in [6.07, 6.45) is 1.69. The first-order chi connectivity index (χ1) is 12.1. The summed E-state index contributed by atoms with van der Waals surface area (Å²) in [6.45, 7) is 7.43. The maximum Gasteiger partial charge on any atom is 0.230 e. The smallest absolute Gasteiger partial charge is 0.230 e. The van der Waals surface area contributed by atoms with Crippen molar-refractivity contribution in [1.29, 1.82) is 0 Å². The van der Waals surface area contributed by atoms with E-state index in [-0.39, 0.29) is 11.9 Å². The monoisotopic (exact) mass is 358 g/mol. The predicted molar refractivity (Wildman–Crippen MR) is 98.4 cm³/mol. The molecule has 0 unspecified atom stereocenters. The van der Waals surface area contributed by atoms with E-state index in [1.807, 2.05) is 28.8 Å². The van der Waals surface area contributed by atoms with Crippen LogP contribution in [-0.2, 0) is 17.9 Å². The van der Waals surface area contributed by atoms with Gasteiger partial charge in [0.2, 0.25) is 5.91 Å². The van der Waals surface area contributed by atoms with Crippen LogP contribution in [0, 0.1) is 0 Å². The van der Waals surface area contributed by atoms with E-state index in [4.69, 9.17) is 0 Å². The first-order valence-electron chi connectivity index (χ1n) is 8.33. The zero-order valence-corrected chi connectivity index (χ0v) is 15.5. The number of imidazole rings is 1. The molecule has 132 valence electrons. The number of aryl methyl sites for hydroxylation is 1. The molecule has 1 N–H and O–H groups in total. The largest absolute Gasteiger partial charge is 0.348 e. The topological polar surface area (TPSA) is 77.6 Å². The van der Waals surface area contributed by atoms with E-state index in [9.17, 15) is 4.79 Å². The lowest BCUT2D eigenvalue weighted by molar-refractivity contribution is -0.118. The second-order valence-corrected chi connectivity index (χ2v) is 6.88. The number of carbonyl (C=O) groups is 1. The molecule has 0 bridgehead atoms. The molecular formula is C17H22N6OS. The van der Waals surface area contributed by atoms with Crippen molar-refractivity contribution in [1.82, 2.24) is 29.6 Å². The molecule has 0 saturated carbocycles. The average Bonchev–Trinajstić information content (AvgIpc) is 3.21. The molecule has 0 radical (unpaired) electrons. The minimum atomic E-state index is -0.0435. The molecule has 0 atom stereocenters. The fraction of sp³-hybridized carbons (Fsp3) is 0.412. The first-order valence-corrected chi connectivity index (χ1v) is 9.31. The summed E-state index contributed by atoms with van der Waals surface area (Å²) in [5.41, 5.74) is 2.04. The number of thioether (sulfide) groups is 1. The molecule has 0 aliphatic rings. The Morgan fingerprint density at radius 1 is 1.32 bits per heavy atom. The number of benzene rings is 1. The van der Waals surface area contributed by atoms with E-state index in [0.717, 1.165) is 28.6 Å². The van der Waals surface area contributed by atoms with Crippen LogP contribution in [0.1, 0.15) is 32.6 Å². The highest BCUT2D eigenvalue weighted by Gasteiger charge is 2.13. The van der Waals surface area contributed by atoms with Crippen LogP contribution in [0.5, 0.6) is 0 Å². The standard InChI is InChI=1S/C17H22N6OS/c1-4-22-14-8-6-5-7-13(14)20-15(22)9-18-16(24)10-25-17-21-19-11-23(17)12(2)3/h5-8,11-12H,4,9-10H2,1-3H3,(H,18,24). The number of aromatic nitrogens is 5. The maximum atomic E-state index is 12.2. The molecule has 0 aliphatic heterocycles. The van der Waals surface area contributed by atoms with E-state index < -0.39 is 0 Å². The van der Waals surface area contributed by atoms with Crippen LogP contribution in [0.4, 0.5) is 0 Å². The van der Waals surface area contributed by atoms with Crippen molar-refractivity contribution in [2.75, 3.05) is 5.75 Å². The maximum absolute atomic E-state index is 12.2. The molecule has 0 spiro atoms. The third kappa shape index (κ3) is 3.84. The van der Waals surface area contributed by atoms with Gasteiger partial charge in [-0.15, -0.1) is 10.2 Å². The summed E-state index contributed by atoms with van der Waals surface area (Å²) in [5, 5.41) is 11.7. The minimum Gasteiger partial charge on any atom is -0.348 e. The highest BCUT2D eigenvalue weighted by atomic mass is 32.2. The minimum absolute atomic E-state index is 0.0435. The van der Waals surface area contributed by atoms with Gasteiger partial charge in [-0.3, -0.25) is 4.79 Å². The third-order valence-corrected chi connectivity index (χ3v) is 4.88. The van der Waals surface area contributed by atoms with Crippen LogP contribution in [0.2, 0.25) is 0 Å². The fourth-order valence-corrected chi connectivity index (χ4v) is 3.54. The van der Waals surface area contributed by atoms with E-state index in [1.165, 1.54) is 11.8 Å². The van der Waals surface area contributed by atoms with Crippen LogP contribution in [0.15, 0.2) is 35.7 Å². The number of hydrogen-bond acceptors (Lipinski definition) is 5. The molecule has 3 rings (SSSR count). The van der Waals surface area contributed by atoms with Gasteiger partial charge < -0.3 is 14.5 Å². The second kappa shape index (κ2) is 7.69. The van der Waals surface area contributed by atoms with Crippen molar-refractivity contribution in [2.24, 2.45) is 0 Å². The molecule has 2 aromatic heterocycles. The molecule has 0 aliphatic carbocycles. The van der Waals surface area contributed by atoms with Gasteiger partial charge in [-0.05, 0) is 32.9 Å². The van der Waals surface area contributed by atoms with Gasteiger partial charge in [0.05, 0.1) is 23.3 Å². The molecule has 7 nitrogen and oxygen atoms in total. The lowest BCUT2D eigenvalue weighted by Crippen LogP contribution is -2.26. The number of carbonyl (C=O) groups excluding carboxylic acids is 1. The summed E-state index contributed by atoms with van der Waals surface area (Å²) in [7, 11) is 0. The van der Waals surface area contributed by atoms with Crippen LogP contribution < -0.4 is 5.32 Å². The van der Waals surface area contributed by atoms with Gasteiger partial charge in [0.15, 0.2) is 5.16 Å². The average molecular weight is 358 g/mol. The molecular weight excluding hydrogens is 336 g/mol. The summed E-state index contributed by atoms with van der Waals surface area (Å²) in [5.74, 6) is 1.13. The second-order valence-electron chi connectivity index (χ2n) is 5.94. The highest BCUT2D eigenvalue weighted by Crippen LogP contribution is 2.19. The predicted octanol–water partition coefficient (Wildman–Crippen LogP) is 2.64. The third-order valence-electron chi connectivity index (χ3n) is 3.92. The summed E-state index contributed by atoms with van der Waals surface area (Å²) < 4.78 is 4.08. The Balaban J connectivity index is 1.60. The number of para-hydroxylation sites is 2. The molecule has 8 heteroatoms. The zero-order valence-electron chi connectivity index (χ0n) is 14.6. The van der Waals surface area contributed by atoms with Gasteiger partial charge in [-0.25, -0.2) is 4.98 Å². The van der Waals surface area contributed by atoms with E-state index in [1.54, 1.807) is 6.33 Å². The molecule has 1 aromatic carbocycles. The van der Waals surface area contributed by atoms with Crippen molar-refractivity contribution in [3.05, 3.63) is 36.4 Å². The summed E-state index contributed by atoms with van der Waals surface area (Å²) in [6, 6.07) is 8.27. The van der Waals surface area contributed by atoms with Gasteiger partial charge >= 0.3 is 0 Å². The zero-order chi connectivity index (χ0) is 17.8. The Bertz CT molecular complexity index is 869. The number of nitrogens with zero attached hydrogens (tertiary/aromatic N) is 5. The first kappa shape index (κ1) is 17.5. The number of nitrogens with one attached hydrogen (secondary N) is 1. The van der Waals surface area contributed by atoms with Crippen LogP contribution >= 0.6 is 11.8 Å². The molecule has 3 aromatic rings. The molecule has 2 heterocycles. The van der Waals surface area contributed by atoms with Crippen LogP contribution in [0.3, 0.4) is 0 Å². The lowest BCUT2D eigenvalue weighted by atomic mass is 10.3. The van der Waals surface area contributed by atoms with E-state index in [0.29, 0.717) is 12.3 Å². The van der Waals surface area contributed by atoms with E-state index in [2.05, 4.69) is 45.8 Å². The number of amides is 1. The SMILES string of the molecule is CCn1c(CNC(=O)CSc2nncn2C(C)C)nc2ccccc21. The summed E-state index contributed by atoms with van der Waals surface area (Å²) in [4.78, 5) is 16.8. The van der Waals surface area contributed by atoms with Crippen LogP contribution in [0.25, 0.3) is 11.0 Å². The Kier molecular flexibility index (Phi) is 5.37. The van der Waals surface area contributed by atoms with Gasteiger partial charge in [-0.2, -0.15) is 0 Å². The van der Waals surface area contributed by atoms with Crippen molar-refractivity contribution < 1.29 is 4.79 Å². The van der Waals surface area contributed by atoms with Gasteiger partial charge in [-0.1, -0.05) is 23.9 Å².